The largest absolute Gasteiger partial charge is 0.352 e. The number of carbonyl (C=O) groups excluding carboxylic acids is 2. The topological polar surface area (TPSA) is 75.4 Å². The minimum atomic E-state index is -0.529. The highest BCUT2D eigenvalue weighted by Gasteiger charge is 2.33. The summed E-state index contributed by atoms with van der Waals surface area (Å²) in [6.45, 7) is 1.33. The van der Waals surface area contributed by atoms with Gasteiger partial charge in [0.05, 0.1) is 0 Å². The second-order valence-electron chi connectivity index (χ2n) is 4.23. The van der Waals surface area contributed by atoms with E-state index in [1.165, 1.54) is 0 Å². The van der Waals surface area contributed by atoms with Crippen molar-refractivity contribution in [2.24, 2.45) is 5.73 Å². The molecule has 1 aliphatic rings. The molecule has 1 heterocycles. The maximum atomic E-state index is 12.0. The molecule has 2 rings (SSSR count). The number of carbonyl (C=O) groups is 2. The van der Waals surface area contributed by atoms with Crippen LogP contribution in [0.4, 0.5) is 0 Å². The molecule has 96 valence electrons. The van der Waals surface area contributed by atoms with Crippen molar-refractivity contribution in [3.05, 3.63) is 35.9 Å². The normalized spacial score (nSPS) is 19.5. The average molecular weight is 247 g/mol. The quantitative estimate of drug-likeness (QED) is 0.791. The number of nitrogens with zero attached hydrogens (tertiary/aromatic N) is 1. The minimum absolute atomic E-state index is 0.0683. The van der Waals surface area contributed by atoms with Crippen molar-refractivity contribution in [1.29, 1.82) is 0 Å². The van der Waals surface area contributed by atoms with Crippen molar-refractivity contribution in [1.82, 2.24) is 10.2 Å². The molecule has 2 amide bonds. The van der Waals surface area contributed by atoms with Crippen LogP contribution in [0.1, 0.15) is 18.0 Å². The van der Waals surface area contributed by atoms with Crippen molar-refractivity contribution in [2.45, 2.75) is 12.5 Å². The van der Waals surface area contributed by atoms with E-state index in [0.29, 0.717) is 19.6 Å². The van der Waals surface area contributed by atoms with E-state index in [-0.39, 0.29) is 18.2 Å². The molecule has 1 fully saturated rings. The highest BCUT2D eigenvalue weighted by atomic mass is 16.2. The van der Waals surface area contributed by atoms with Crippen molar-refractivity contribution in [3.63, 3.8) is 0 Å². The summed E-state index contributed by atoms with van der Waals surface area (Å²) in [5, 5.41) is 2.79. The molecule has 0 aliphatic carbocycles. The average Bonchev–Trinajstić information content (AvgIpc) is 2.39. The predicted octanol–water partition coefficient (Wildman–Crippen LogP) is 0.0349. The van der Waals surface area contributed by atoms with Crippen LogP contribution >= 0.6 is 0 Å². The van der Waals surface area contributed by atoms with E-state index in [2.05, 4.69) is 5.32 Å². The molecule has 0 radical (unpaired) electrons. The summed E-state index contributed by atoms with van der Waals surface area (Å²) >= 11 is 0. The molecule has 1 aromatic carbocycles. The summed E-state index contributed by atoms with van der Waals surface area (Å²) in [6, 6.07) is 8.80. The Morgan fingerprint density at radius 2 is 2.11 bits per heavy atom. The third-order valence-corrected chi connectivity index (χ3v) is 3.01. The Balaban J connectivity index is 2.26. The molecule has 5 nitrogen and oxygen atoms in total. The number of hydrogen-bond acceptors (Lipinski definition) is 3. The zero-order valence-corrected chi connectivity index (χ0v) is 10.1. The van der Waals surface area contributed by atoms with Crippen molar-refractivity contribution in [2.75, 3.05) is 19.6 Å². The summed E-state index contributed by atoms with van der Waals surface area (Å²) in [5.74, 6) is -0.195. The molecule has 18 heavy (non-hydrogen) atoms. The van der Waals surface area contributed by atoms with Gasteiger partial charge in [0.1, 0.15) is 6.04 Å². The first kappa shape index (κ1) is 12.6. The van der Waals surface area contributed by atoms with Gasteiger partial charge in [-0.25, -0.2) is 0 Å². The first-order valence-corrected chi connectivity index (χ1v) is 6.06. The third-order valence-electron chi connectivity index (χ3n) is 3.01. The highest BCUT2D eigenvalue weighted by molar-refractivity contribution is 5.89. The Kier molecular flexibility index (Phi) is 3.94. The zero-order valence-electron chi connectivity index (χ0n) is 10.1. The summed E-state index contributed by atoms with van der Waals surface area (Å²) in [5.41, 5.74) is 6.24. The number of rotatable bonds is 3. The molecule has 0 bridgehead atoms. The Morgan fingerprint density at radius 3 is 2.78 bits per heavy atom. The van der Waals surface area contributed by atoms with E-state index < -0.39 is 6.04 Å². The van der Waals surface area contributed by atoms with Crippen molar-refractivity contribution >= 4 is 11.8 Å². The Bertz CT molecular complexity index is 433. The fourth-order valence-corrected chi connectivity index (χ4v) is 2.17. The van der Waals surface area contributed by atoms with Crippen LogP contribution in [0, 0.1) is 0 Å². The van der Waals surface area contributed by atoms with Crippen LogP contribution in [-0.2, 0) is 9.59 Å². The summed E-state index contributed by atoms with van der Waals surface area (Å²) in [7, 11) is 0. The summed E-state index contributed by atoms with van der Waals surface area (Å²) in [6.07, 6.45) is 0.274. The fraction of sp³-hybridized carbons (Fsp3) is 0.385. The lowest BCUT2D eigenvalue weighted by Crippen LogP contribution is -2.52. The third kappa shape index (κ3) is 2.51. The number of hydrogen-bond donors (Lipinski definition) is 2. The van der Waals surface area contributed by atoms with E-state index in [1.54, 1.807) is 4.90 Å². The molecular formula is C13H17N3O2. The van der Waals surface area contributed by atoms with Crippen LogP contribution in [0.2, 0.25) is 0 Å². The number of benzene rings is 1. The predicted molar refractivity (Wildman–Crippen MR) is 67.6 cm³/mol. The van der Waals surface area contributed by atoms with E-state index in [9.17, 15) is 9.59 Å². The molecule has 1 atom stereocenters. The molecular weight excluding hydrogens is 230 g/mol. The maximum Gasteiger partial charge on any atom is 0.247 e. The molecule has 5 heteroatoms. The van der Waals surface area contributed by atoms with Crippen LogP contribution in [0.5, 0.6) is 0 Å². The number of nitrogens with two attached hydrogens (primary N) is 1. The van der Waals surface area contributed by atoms with Gasteiger partial charge in [0.2, 0.25) is 11.8 Å². The SMILES string of the molecule is NCCC(=O)N1CCNC(=O)C1c1ccccc1. The van der Waals surface area contributed by atoms with Gasteiger partial charge in [0.25, 0.3) is 0 Å². The van der Waals surface area contributed by atoms with Gasteiger partial charge >= 0.3 is 0 Å². The lowest BCUT2D eigenvalue weighted by molar-refractivity contribution is -0.143. The zero-order chi connectivity index (χ0) is 13.0. The lowest BCUT2D eigenvalue weighted by atomic mass is 10.0. The molecule has 0 saturated carbocycles. The summed E-state index contributed by atoms with van der Waals surface area (Å²) in [4.78, 5) is 25.6. The van der Waals surface area contributed by atoms with E-state index >= 15 is 0 Å². The van der Waals surface area contributed by atoms with Gasteiger partial charge in [0.15, 0.2) is 0 Å². The van der Waals surface area contributed by atoms with Gasteiger partial charge in [-0.1, -0.05) is 30.3 Å². The van der Waals surface area contributed by atoms with Gasteiger partial charge < -0.3 is 16.0 Å². The van der Waals surface area contributed by atoms with Crippen molar-refractivity contribution < 1.29 is 9.59 Å². The summed E-state index contributed by atoms with van der Waals surface area (Å²) < 4.78 is 0. The second-order valence-corrected chi connectivity index (χ2v) is 4.23. The van der Waals surface area contributed by atoms with E-state index in [1.807, 2.05) is 30.3 Å². The molecule has 3 N–H and O–H groups in total. The molecule has 1 aliphatic heterocycles. The monoisotopic (exact) mass is 247 g/mol. The number of amides is 2. The van der Waals surface area contributed by atoms with E-state index in [4.69, 9.17) is 5.73 Å². The Hall–Kier alpha value is -1.88. The second kappa shape index (κ2) is 5.64. The van der Waals surface area contributed by atoms with Crippen LogP contribution < -0.4 is 11.1 Å². The van der Waals surface area contributed by atoms with Gasteiger partial charge in [-0.05, 0) is 5.56 Å². The van der Waals surface area contributed by atoms with Gasteiger partial charge in [-0.3, -0.25) is 9.59 Å². The number of piperazine rings is 1. The molecule has 0 aromatic heterocycles. The molecule has 0 spiro atoms. The van der Waals surface area contributed by atoms with Crippen LogP contribution in [0.15, 0.2) is 30.3 Å². The Morgan fingerprint density at radius 1 is 1.39 bits per heavy atom. The van der Waals surface area contributed by atoms with Crippen LogP contribution in [-0.4, -0.2) is 36.3 Å². The Labute approximate surface area is 106 Å². The van der Waals surface area contributed by atoms with Gasteiger partial charge in [0, 0.05) is 26.1 Å². The highest BCUT2D eigenvalue weighted by Crippen LogP contribution is 2.23. The lowest BCUT2D eigenvalue weighted by Gasteiger charge is -2.35. The molecule has 1 unspecified atom stereocenters. The van der Waals surface area contributed by atoms with Crippen LogP contribution in [0.3, 0.4) is 0 Å². The van der Waals surface area contributed by atoms with Gasteiger partial charge in [-0.15, -0.1) is 0 Å². The van der Waals surface area contributed by atoms with Gasteiger partial charge in [-0.2, -0.15) is 0 Å². The number of nitrogens with one attached hydrogen (secondary N) is 1. The molecule has 1 aromatic rings. The fourth-order valence-electron chi connectivity index (χ4n) is 2.17. The van der Waals surface area contributed by atoms with Crippen molar-refractivity contribution in [3.8, 4) is 0 Å². The minimum Gasteiger partial charge on any atom is -0.352 e. The van der Waals surface area contributed by atoms with E-state index in [0.717, 1.165) is 5.56 Å². The molecule has 1 saturated heterocycles. The first-order chi connectivity index (χ1) is 8.74. The smallest absolute Gasteiger partial charge is 0.247 e. The van der Waals surface area contributed by atoms with Crippen LogP contribution in [0.25, 0.3) is 0 Å². The maximum absolute atomic E-state index is 12.0. The standard InChI is InChI=1S/C13H17N3O2/c14-7-6-11(17)16-9-8-15-13(18)12(16)10-4-2-1-3-5-10/h1-5,12H,6-9,14H2,(H,15,18). The first-order valence-electron chi connectivity index (χ1n) is 6.06.